The summed E-state index contributed by atoms with van der Waals surface area (Å²) >= 11 is 0. The van der Waals surface area contributed by atoms with Gasteiger partial charge in [0.1, 0.15) is 0 Å². The second kappa shape index (κ2) is 3.59. The van der Waals surface area contributed by atoms with Crippen molar-refractivity contribution >= 4 is 0 Å². The van der Waals surface area contributed by atoms with Crippen LogP contribution in [0.15, 0.2) is 18.2 Å². The molecule has 3 rings (SSSR count). The van der Waals surface area contributed by atoms with Crippen LogP contribution in [0.3, 0.4) is 0 Å². The molecule has 86 valence electrons. The highest BCUT2D eigenvalue weighted by molar-refractivity contribution is 5.47. The van der Waals surface area contributed by atoms with Gasteiger partial charge < -0.3 is 5.32 Å². The third-order valence-electron chi connectivity index (χ3n) is 4.71. The predicted molar refractivity (Wildman–Crippen MR) is 67.7 cm³/mol. The smallest absolute Gasteiger partial charge is 0.0329 e. The molecular weight excluding hydrogens is 194 g/mol. The zero-order valence-electron chi connectivity index (χ0n) is 10.3. The summed E-state index contributed by atoms with van der Waals surface area (Å²) in [5, 5.41) is 3.50. The largest absolute Gasteiger partial charge is 0.313 e. The second-order valence-corrected chi connectivity index (χ2v) is 5.57. The van der Waals surface area contributed by atoms with E-state index in [0.29, 0.717) is 11.5 Å². The zero-order chi connectivity index (χ0) is 11.2. The Balaban J connectivity index is 2.15. The summed E-state index contributed by atoms with van der Waals surface area (Å²) in [4.78, 5) is 0. The molecule has 0 saturated heterocycles. The standard InChI is InChI=1S/C15H21N/c1-11-6-5-7-12-13(16-2)10-15(14(11)12)8-3-4-9-15/h5-7,13,16H,3-4,8-10H2,1-2H3. The molecule has 16 heavy (non-hydrogen) atoms. The predicted octanol–water partition coefficient (Wildman–Crippen LogP) is 3.47. The minimum atomic E-state index is 0.522. The summed E-state index contributed by atoms with van der Waals surface area (Å²) in [5.74, 6) is 0. The maximum Gasteiger partial charge on any atom is 0.0329 e. The third kappa shape index (κ3) is 1.27. The molecule has 1 aromatic rings. The van der Waals surface area contributed by atoms with E-state index in [2.05, 4.69) is 37.5 Å². The van der Waals surface area contributed by atoms with Crippen LogP contribution in [0.25, 0.3) is 0 Å². The molecule has 2 aliphatic rings. The van der Waals surface area contributed by atoms with Crippen LogP contribution < -0.4 is 5.32 Å². The SMILES string of the molecule is CNC1CC2(CCCC2)c2c(C)cccc21. The molecule has 1 heteroatoms. The number of aryl methyl sites for hydroxylation is 1. The Labute approximate surface area is 98.3 Å². The highest BCUT2D eigenvalue weighted by Crippen LogP contribution is 2.54. The van der Waals surface area contributed by atoms with Crippen LogP contribution in [0.2, 0.25) is 0 Å². The van der Waals surface area contributed by atoms with Gasteiger partial charge in [0.2, 0.25) is 0 Å². The Hall–Kier alpha value is -0.820. The molecule has 1 unspecified atom stereocenters. The van der Waals surface area contributed by atoms with Gasteiger partial charge in [0.25, 0.3) is 0 Å². The van der Waals surface area contributed by atoms with Crippen LogP contribution in [0, 0.1) is 6.92 Å². The van der Waals surface area contributed by atoms with Gasteiger partial charge in [-0.15, -0.1) is 0 Å². The molecule has 1 nitrogen and oxygen atoms in total. The molecule has 0 bridgehead atoms. The van der Waals surface area contributed by atoms with E-state index in [1.54, 1.807) is 11.1 Å². The lowest BCUT2D eigenvalue weighted by atomic mass is 9.78. The van der Waals surface area contributed by atoms with E-state index >= 15 is 0 Å². The van der Waals surface area contributed by atoms with Gasteiger partial charge in [0.15, 0.2) is 0 Å². The Morgan fingerprint density at radius 1 is 1.25 bits per heavy atom. The van der Waals surface area contributed by atoms with Crippen molar-refractivity contribution in [3.63, 3.8) is 0 Å². The van der Waals surface area contributed by atoms with Gasteiger partial charge in [0.05, 0.1) is 0 Å². The molecule has 1 spiro atoms. The molecule has 1 atom stereocenters. The highest BCUT2D eigenvalue weighted by atomic mass is 14.9. The number of hydrogen-bond acceptors (Lipinski definition) is 1. The molecule has 1 saturated carbocycles. The lowest BCUT2D eigenvalue weighted by molar-refractivity contribution is 0.389. The molecule has 0 radical (unpaired) electrons. The molecule has 0 aromatic heterocycles. The van der Waals surface area contributed by atoms with Crippen molar-refractivity contribution in [1.29, 1.82) is 0 Å². The van der Waals surface area contributed by atoms with Gasteiger partial charge in [-0.1, -0.05) is 31.0 Å². The van der Waals surface area contributed by atoms with Crippen LogP contribution in [-0.2, 0) is 5.41 Å². The monoisotopic (exact) mass is 215 g/mol. The second-order valence-electron chi connectivity index (χ2n) is 5.57. The fraction of sp³-hybridized carbons (Fsp3) is 0.600. The molecule has 0 aliphatic heterocycles. The van der Waals surface area contributed by atoms with Crippen molar-refractivity contribution in [2.24, 2.45) is 0 Å². The van der Waals surface area contributed by atoms with Crippen LogP contribution in [0.4, 0.5) is 0 Å². The molecule has 0 amide bonds. The van der Waals surface area contributed by atoms with Crippen LogP contribution in [-0.4, -0.2) is 7.05 Å². The van der Waals surface area contributed by atoms with E-state index in [1.807, 2.05) is 0 Å². The third-order valence-corrected chi connectivity index (χ3v) is 4.71. The van der Waals surface area contributed by atoms with Crippen molar-refractivity contribution in [2.45, 2.75) is 50.5 Å². The first-order valence-corrected chi connectivity index (χ1v) is 6.54. The number of rotatable bonds is 1. The van der Waals surface area contributed by atoms with Gasteiger partial charge in [-0.05, 0) is 55.3 Å². The summed E-state index contributed by atoms with van der Waals surface area (Å²) in [5.41, 5.74) is 5.29. The van der Waals surface area contributed by atoms with Gasteiger partial charge in [-0.2, -0.15) is 0 Å². The van der Waals surface area contributed by atoms with Gasteiger partial charge >= 0.3 is 0 Å². The number of fused-ring (bicyclic) bond motifs is 2. The molecule has 2 aliphatic carbocycles. The van der Waals surface area contributed by atoms with Gasteiger partial charge in [-0.25, -0.2) is 0 Å². The van der Waals surface area contributed by atoms with E-state index in [0.717, 1.165) is 0 Å². The topological polar surface area (TPSA) is 12.0 Å². The lowest BCUT2D eigenvalue weighted by Crippen LogP contribution is -2.21. The minimum Gasteiger partial charge on any atom is -0.313 e. The Morgan fingerprint density at radius 3 is 2.69 bits per heavy atom. The van der Waals surface area contributed by atoms with Gasteiger partial charge in [-0.3, -0.25) is 0 Å². The van der Waals surface area contributed by atoms with E-state index in [1.165, 1.54) is 37.7 Å². The summed E-state index contributed by atoms with van der Waals surface area (Å²) in [7, 11) is 2.10. The first-order valence-electron chi connectivity index (χ1n) is 6.54. The molecule has 1 aromatic carbocycles. The summed E-state index contributed by atoms with van der Waals surface area (Å²) in [6, 6.07) is 7.42. The quantitative estimate of drug-likeness (QED) is 0.756. The fourth-order valence-electron chi connectivity index (χ4n) is 4.07. The zero-order valence-corrected chi connectivity index (χ0v) is 10.3. The number of nitrogens with one attached hydrogen (secondary N) is 1. The van der Waals surface area contributed by atoms with E-state index in [4.69, 9.17) is 0 Å². The number of benzene rings is 1. The van der Waals surface area contributed by atoms with Crippen molar-refractivity contribution in [3.05, 3.63) is 34.9 Å². The Bertz CT molecular complexity index is 402. The summed E-state index contributed by atoms with van der Waals surface area (Å²) in [6.07, 6.45) is 6.98. The van der Waals surface area contributed by atoms with Crippen molar-refractivity contribution < 1.29 is 0 Å². The van der Waals surface area contributed by atoms with Crippen LogP contribution in [0.1, 0.15) is 54.8 Å². The van der Waals surface area contributed by atoms with Crippen molar-refractivity contribution in [3.8, 4) is 0 Å². The maximum absolute atomic E-state index is 3.50. The highest BCUT2D eigenvalue weighted by Gasteiger charge is 2.45. The minimum absolute atomic E-state index is 0.522. The normalized spacial score (nSPS) is 26.2. The van der Waals surface area contributed by atoms with Crippen molar-refractivity contribution in [1.82, 2.24) is 5.32 Å². The molecule has 0 heterocycles. The molecule has 1 N–H and O–H groups in total. The Kier molecular flexibility index (Phi) is 2.32. The first-order chi connectivity index (χ1) is 7.77. The van der Waals surface area contributed by atoms with Crippen molar-refractivity contribution in [2.75, 3.05) is 7.05 Å². The van der Waals surface area contributed by atoms with E-state index < -0.39 is 0 Å². The first kappa shape index (κ1) is 10.3. The Morgan fingerprint density at radius 2 is 2.00 bits per heavy atom. The number of hydrogen-bond donors (Lipinski definition) is 1. The maximum atomic E-state index is 3.50. The fourth-order valence-corrected chi connectivity index (χ4v) is 4.07. The lowest BCUT2D eigenvalue weighted by Gasteiger charge is -2.26. The molecular formula is C15H21N. The van der Waals surface area contributed by atoms with Crippen LogP contribution in [0.5, 0.6) is 0 Å². The molecule has 1 fully saturated rings. The van der Waals surface area contributed by atoms with E-state index in [-0.39, 0.29) is 0 Å². The van der Waals surface area contributed by atoms with E-state index in [9.17, 15) is 0 Å². The van der Waals surface area contributed by atoms with Gasteiger partial charge in [0, 0.05) is 6.04 Å². The average Bonchev–Trinajstić information content (AvgIpc) is 2.87. The summed E-state index contributed by atoms with van der Waals surface area (Å²) < 4.78 is 0. The summed E-state index contributed by atoms with van der Waals surface area (Å²) in [6.45, 7) is 2.29. The average molecular weight is 215 g/mol. The van der Waals surface area contributed by atoms with Crippen LogP contribution >= 0.6 is 0 Å².